The molecule has 0 N–H and O–H groups in total. The third-order valence-corrected chi connectivity index (χ3v) is 9.63. The number of nitrogens with zero attached hydrogens (tertiary/aromatic N) is 6. The Morgan fingerprint density at radius 1 is 0.340 bits per heavy atom. The van der Waals surface area contributed by atoms with Crippen LogP contribution in [0.4, 0.5) is 0 Å². The molecule has 53 heavy (non-hydrogen) atoms. The quantitative estimate of drug-likeness (QED) is 0.175. The maximum absolute atomic E-state index is 5.24. The molecule has 0 bridgehead atoms. The molecule has 6 aromatic carbocycles. The molecule has 10 rings (SSSR count). The zero-order chi connectivity index (χ0) is 35.1. The van der Waals surface area contributed by atoms with Gasteiger partial charge in [0.25, 0.3) is 0 Å². The van der Waals surface area contributed by atoms with Crippen molar-refractivity contribution in [1.82, 2.24) is 29.3 Å². The summed E-state index contributed by atoms with van der Waals surface area (Å²) in [5.41, 5.74) is 12.2. The highest BCUT2D eigenvalue weighted by molar-refractivity contribution is 6.05. The number of aromatic nitrogens is 6. The fourth-order valence-corrected chi connectivity index (χ4v) is 7.02. The number of rotatable bonds is 6. The van der Waals surface area contributed by atoms with E-state index in [9.17, 15) is 0 Å². The lowest BCUT2D eigenvalue weighted by atomic mass is 10.0. The summed E-state index contributed by atoms with van der Waals surface area (Å²) in [6.07, 6.45) is 2.17. The number of hydrogen-bond acceptors (Lipinski definition) is 5. The van der Waals surface area contributed by atoms with E-state index >= 15 is 0 Å². The Morgan fingerprint density at radius 3 is 1.36 bits per heavy atom. The molecule has 0 aliphatic carbocycles. The highest BCUT2D eigenvalue weighted by Gasteiger charge is 2.18. The van der Waals surface area contributed by atoms with Crippen molar-refractivity contribution in [2.45, 2.75) is 0 Å². The van der Waals surface area contributed by atoms with Crippen molar-refractivity contribution in [2.75, 3.05) is 0 Å². The van der Waals surface area contributed by atoms with Gasteiger partial charge in [0.15, 0.2) is 11.6 Å². The zero-order valence-electron chi connectivity index (χ0n) is 28.5. The summed E-state index contributed by atoms with van der Waals surface area (Å²) in [7, 11) is 0. The first kappa shape index (κ1) is 30.5. The van der Waals surface area contributed by atoms with Gasteiger partial charge in [-0.3, -0.25) is 4.40 Å². The van der Waals surface area contributed by atoms with Gasteiger partial charge in [-0.2, -0.15) is 0 Å². The first-order valence-corrected chi connectivity index (χ1v) is 17.6. The van der Waals surface area contributed by atoms with Gasteiger partial charge in [0.2, 0.25) is 0 Å². The third kappa shape index (κ3) is 5.59. The van der Waals surface area contributed by atoms with Crippen LogP contribution in [0, 0.1) is 0 Å². The van der Waals surface area contributed by atoms with Gasteiger partial charge in [-0.1, -0.05) is 152 Å². The molecule has 0 radical (unpaired) electrons. The monoisotopic (exact) mass is 678 g/mol. The van der Waals surface area contributed by atoms with Crippen molar-refractivity contribution in [3.63, 3.8) is 0 Å². The summed E-state index contributed by atoms with van der Waals surface area (Å²) < 4.78 is 2.19. The largest absolute Gasteiger partial charge is 0.298 e. The van der Waals surface area contributed by atoms with Gasteiger partial charge in [-0.15, -0.1) is 0 Å². The van der Waals surface area contributed by atoms with Crippen molar-refractivity contribution in [1.29, 1.82) is 0 Å². The van der Waals surface area contributed by atoms with Gasteiger partial charge in [0.05, 0.1) is 33.8 Å². The predicted octanol–water partition coefficient (Wildman–Crippen LogP) is 11.2. The van der Waals surface area contributed by atoms with Gasteiger partial charge in [-0.05, 0) is 29.7 Å². The second kappa shape index (κ2) is 12.8. The average molecular weight is 679 g/mol. The van der Waals surface area contributed by atoms with Gasteiger partial charge in [0.1, 0.15) is 5.65 Å². The van der Waals surface area contributed by atoms with Crippen molar-refractivity contribution in [2.24, 2.45) is 0 Å². The molecule has 6 heteroatoms. The molecule has 0 unspecified atom stereocenters. The Labute approximate surface area is 305 Å². The van der Waals surface area contributed by atoms with Crippen molar-refractivity contribution >= 4 is 27.5 Å². The van der Waals surface area contributed by atoms with Gasteiger partial charge < -0.3 is 0 Å². The highest BCUT2D eigenvalue weighted by Crippen LogP contribution is 2.36. The molecular formula is C47H30N6. The van der Waals surface area contributed by atoms with Crippen molar-refractivity contribution in [3.8, 4) is 67.8 Å². The minimum absolute atomic E-state index is 0.681. The molecule has 0 atom stereocenters. The molecule has 0 fully saturated rings. The molecule has 0 saturated heterocycles. The van der Waals surface area contributed by atoms with Crippen LogP contribution in [0.25, 0.3) is 95.3 Å². The molecule has 6 nitrogen and oxygen atoms in total. The molecule has 10 aromatic rings. The number of imidazole rings is 1. The number of pyridine rings is 1. The van der Waals surface area contributed by atoms with Crippen LogP contribution in [-0.2, 0) is 0 Å². The molecule has 0 amide bonds. The summed E-state index contributed by atoms with van der Waals surface area (Å²) in [5.74, 6) is 1.36. The van der Waals surface area contributed by atoms with E-state index in [-0.39, 0.29) is 0 Å². The van der Waals surface area contributed by atoms with Crippen LogP contribution in [0.15, 0.2) is 182 Å². The van der Waals surface area contributed by atoms with Gasteiger partial charge in [0, 0.05) is 45.0 Å². The van der Waals surface area contributed by atoms with Crippen LogP contribution in [0.3, 0.4) is 0 Å². The van der Waals surface area contributed by atoms with Gasteiger partial charge in [-0.25, -0.2) is 24.9 Å². The maximum Gasteiger partial charge on any atom is 0.160 e. The lowest BCUT2D eigenvalue weighted by molar-refractivity contribution is 1.17. The van der Waals surface area contributed by atoms with Crippen LogP contribution < -0.4 is 0 Å². The Balaban J connectivity index is 1.16. The minimum Gasteiger partial charge on any atom is -0.298 e. The standard InChI is InChI=1S/C47H30N6/c1-5-15-31(16-6-1)39-28-41(50-45(48-39)33-19-9-3-10-20-33)35-25-26-44-43(27-35)52-47-37-24-14-13-23-36(37)38(30-53(44)47)42-29-40(32-17-7-2-8-18-32)49-46(51-42)34-21-11-4-12-22-34/h1-30H. The first-order valence-electron chi connectivity index (χ1n) is 17.6. The maximum atomic E-state index is 5.24. The van der Waals surface area contributed by atoms with Crippen molar-refractivity contribution in [3.05, 3.63) is 182 Å². The molecule has 0 spiro atoms. The lowest BCUT2D eigenvalue weighted by Gasteiger charge is -2.12. The van der Waals surface area contributed by atoms with E-state index in [1.54, 1.807) is 0 Å². The SMILES string of the molecule is c1ccc(-c2cc(-c3ccc4c(c3)nc3c5ccccc5c(-c5cc(-c6ccccc6)nc(-c6ccccc6)n5)cn43)nc(-c3ccccc3)n2)cc1. The number of fused-ring (bicyclic) bond motifs is 5. The van der Waals surface area contributed by atoms with E-state index in [1.807, 2.05) is 84.9 Å². The van der Waals surface area contributed by atoms with Crippen molar-refractivity contribution < 1.29 is 0 Å². The first-order chi connectivity index (χ1) is 26.2. The van der Waals surface area contributed by atoms with Gasteiger partial charge >= 0.3 is 0 Å². The Morgan fingerprint density at radius 2 is 0.792 bits per heavy atom. The fraction of sp³-hybridized carbons (Fsp3) is 0. The Hall–Kier alpha value is -7.31. The van der Waals surface area contributed by atoms with Crippen LogP contribution in [-0.4, -0.2) is 29.3 Å². The number of hydrogen-bond donors (Lipinski definition) is 0. The van der Waals surface area contributed by atoms with E-state index in [2.05, 4.69) is 102 Å². The summed E-state index contributed by atoms with van der Waals surface area (Å²) in [5, 5.41) is 2.12. The second-order valence-electron chi connectivity index (χ2n) is 13.0. The number of benzene rings is 6. The Kier molecular flexibility index (Phi) is 7.36. The van der Waals surface area contributed by atoms with Crippen LogP contribution in [0.5, 0.6) is 0 Å². The Bertz CT molecular complexity index is 2810. The lowest BCUT2D eigenvalue weighted by Crippen LogP contribution is -1.98. The molecule has 0 saturated carbocycles. The average Bonchev–Trinajstić information content (AvgIpc) is 3.62. The summed E-state index contributed by atoms with van der Waals surface area (Å²) in [4.78, 5) is 25.5. The predicted molar refractivity (Wildman–Crippen MR) is 214 cm³/mol. The van der Waals surface area contributed by atoms with E-state index in [1.165, 1.54) is 0 Å². The molecule has 4 heterocycles. The normalized spacial score (nSPS) is 11.4. The molecule has 248 valence electrons. The fourth-order valence-electron chi connectivity index (χ4n) is 7.02. The van der Waals surface area contributed by atoms with E-state index < -0.39 is 0 Å². The van der Waals surface area contributed by atoms with Crippen LogP contribution in [0.1, 0.15) is 0 Å². The molecule has 4 aromatic heterocycles. The van der Waals surface area contributed by atoms with Crippen LogP contribution in [0.2, 0.25) is 0 Å². The van der Waals surface area contributed by atoms with Crippen LogP contribution >= 0.6 is 0 Å². The summed E-state index contributed by atoms with van der Waals surface area (Å²) in [6, 6.07) is 59.8. The topological polar surface area (TPSA) is 68.9 Å². The van der Waals surface area contributed by atoms with E-state index in [0.29, 0.717) is 11.6 Å². The second-order valence-corrected chi connectivity index (χ2v) is 13.0. The highest BCUT2D eigenvalue weighted by atomic mass is 15.0. The third-order valence-electron chi connectivity index (χ3n) is 9.63. The summed E-state index contributed by atoms with van der Waals surface area (Å²) in [6.45, 7) is 0. The molecule has 0 aliphatic heterocycles. The molecule has 0 aliphatic rings. The minimum atomic E-state index is 0.681. The van der Waals surface area contributed by atoms with E-state index in [4.69, 9.17) is 24.9 Å². The smallest absolute Gasteiger partial charge is 0.160 e. The summed E-state index contributed by atoms with van der Waals surface area (Å²) >= 11 is 0. The zero-order valence-corrected chi connectivity index (χ0v) is 28.5. The molecular weight excluding hydrogens is 649 g/mol. The van der Waals surface area contributed by atoms with E-state index in [0.717, 1.165) is 83.6 Å².